The van der Waals surface area contributed by atoms with E-state index < -0.39 is 0 Å². The average molecular weight is 251 g/mol. The summed E-state index contributed by atoms with van der Waals surface area (Å²) in [5.41, 5.74) is 0.848. The molecule has 3 rings (SSSR count). The van der Waals surface area contributed by atoms with Crippen LogP contribution in [0.15, 0.2) is 0 Å². The third-order valence-electron chi connectivity index (χ3n) is 3.73. The topological polar surface area (TPSA) is 54.0 Å². The van der Waals surface area contributed by atoms with Crippen molar-refractivity contribution in [2.45, 2.75) is 51.2 Å². The normalized spacial score (nSPS) is 30.8. The molecule has 2 N–H and O–H groups in total. The van der Waals surface area contributed by atoms with Gasteiger partial charge in [-0.25, -0.2) is 4.98 Å². The van der Waals surface area contributed by atoms with Gasteiger partial charge in [0.05, 0.1) is 10.7 Å². The summed E-state index contributed by atoms with van der Waals surface area (Å²) in [6, 6.07) is 1.41. The molecule has 2 bridgehead atoms. The van der Waals surface area contributed by atoms with Crippen molar-refractivity contribution in [1.82, 2.24) is 15.6 Å². The number of aromatic nitrogens is 1. The maximum absolute atomic E-state index is 12.1. The monoisotopic (exact) mass is 251 g/mol. The highest BCUT2D eigenvalue weighted by molar-refractivity contribution is 7.13. The number of fused-ring (bicyclic) bond motifs is 2. The summed E-state index contributed by atoms with van der Waals surface area (Å²) in [7, 11) is 0. The minimum Gasteiger partial charge on any atom is -0.347 e. The fourth-order valence-electron chi connectivity index (χ4n) is 2.96. The first-order valence-electron chi connectivity index (χ1n) is 6.14. The van der Waals surface area contributed by atoms with Gasteiger partial charge >= 0.3 is 0 Å². The number of nitrogens with zero attached hydrogens (tertiary/aromatic N) is 1. The van der Waals surface area contributed by atoms with E-state index in [0.717, 1.165) is 22.0 Å². The molecule has 92 valence electrons. The molecule has 0 aliphatic carbocycles. The van der Waals surface area contributed by atoms with Crippen LogP contribution in [0.4, 0.5) is 0 Å². The smallest absolute Gasteiger partial charge is 0.263 e. The summed E-state index contributed by atoms with van der Waals surface area (Å²) in [4.78, 5) is 17.2. The number of rotatable bonds is 2. The molecule has 0 aromatic carbocycles. The molecule has 2 aliphatic heterocycles. The Labute approximate surface area is 105 Å². The lowest BCUT2D eigenvalue weighted by Gasteiger charge is -2.21. The van der Waals surface area contributed by atoms with Crippen molar-refractivity contribution in [1.29, 1.82) is 0 Å². The van der Waals surface area contributed by atoms with Crippen molar-refractivity contribution in [2.75, 3.05) is 0 Å². The van der Waals surface area contributed by atoms with Crippen LogP contribution in [-0.4, -0.2) is 29.0 Å². The van der Waals surface area contributed by atoms with Gasteiger partial charge in [-0.05, 0) is 33.1 Å². The van der Waals surface area contributed by atoms with Gasteiger partial charge in [0.2, 0.25) is 0 Å². The Balaban J connectivity index is 1.69. The third kappa shape index (κ3) is 1.98. The lowest BCUT2D eigenvalue weighted by molar-refractivity contribution is 0.0934. The minimum absolute atomic E-state index is 0.0486. The molecular weight excluding hydrogens is 234 g/mol. The Morgan fingerprint density at radius 2 is 2.29 bits per heavy atom. The number of carbonyl (C=O) groups excluding carboxylic acids is 1. The molecule has 3 heterocycles. The molecule has 5 heteroatoms. The maximum atomic E-state index is 12.1. The maximum Gasteiger partial charge on any atom is 0.263 e. The number of aryl methyl sites for hydroxylation is 2. The van der Waals surface area contributed by atoms with Gasteiger partial charge in [-0.15, -0.1) is 11.3 Å². The predicted molar refractivity (Wildman–Crippen MR) is 67.4 cm³/mol. The second kappa shape index (κ2) is 4.07. The molecule has 3 atom stereocenters. The van der Waals surface area contributed by atoms with E-state index >= 15 is 0 Å². The molecule has 1 aromatic rings. The number of thiazole rings is 1. The number of carbonyl (C=O) groups is 1. The van der Waals surface area contributed by atoms with E-state index in [0.29, 0.717) is 18.1 Å². The second-order valence-electron chi connectivity index (χ2n) is 5.01. The summed E-state index contributed by atoms with van der Waals surface area (Å²) < 4.78 is 0. The Morgan fingerprint density at radius 3 is 2.82 bits per heavy atom. The van der Waals surface area contributed by atoms with Gasteiger partial charge in [0.25, 0.3) is 5.91 Å². The van der Waals surface area contributed by atoms with Gasteiger partial charge in [-0.1, -0.05) is 0 Å². The molecule has 1 amide bonds. The molecule has 2 aliphatic rings. The molecule has 0 spiro atoms. The van der Waals surface area contributed by atoms with Crippen molar-refractivity contribution < 1.29 is 4.79 Å². The first-order chi connectivity index (χ1) is 8.13. The molecule has 2 fully saturated rings. The molecular formula is C12H17N3OS. The highest BCUT2D eigenvalue weighted by Gasteiger charge is 2.39. The average Bonchev–Trinajstić information content (AvgIpc) is 2.93. The van der Waals surface area contributed by atoms with Crippen LogP contribution < -0.4 is 10.6 Å². The van der Waals surface area contributed by atoms with Crippen molar-refractivity contribution in [3.05, 3.63) is 15.6 Å². The van der Waals surface area contributed by atoms with Gasteiger partial charge in [0, 0.05) is 18.1 Å². The second-order valence-corrected chi connectivity index (χ2v) is 6.21. The molecule has 2 saturated heterocycles. The van der Waals surface area contributed by atoms with Gasteiger partial charge in [-0.2, -0.15) is 0 Å². The lowest BCUT2D eigenvalue weighted by Crippen LogP contribution is -2.42. The van der Waals surface area contributed by atoms with Crippen molar-refractivity contribution >= 4 is 17.2 Å². The first-order valence-corrected chi connectivity index (χ1v) is 6.96. The molecule has 3 unspecified atom stereocenters. The number of hydrogen-bond acceptors (Lipinski definition) is 4. The van der Waals surface area contributed by atoms with Gasteiger partial charge in [0.15, 0.2) is 0 Å². The fourth-order valence-corrected chi connectivity index (χ4v) is 3.78. The fraction of sp³-hybridized carbons (Fsp3) is 0.667. The van der Waals surface area contributed by atoms with E-state index in [1.165, 1.54) is 24.2 Å². The van der Waals surface area contributed by atoms with Crippen LogP contribution in [0.2, 0.25) is 0 Å². The van der Waals surface area contributed by atoms with E-state index in [1.54, 1.807) is 0 Å². The van der Waals surface area contributed by atoms with E-state index in [-0.39, 0.29) is 5.91 Å². The number of nitrogens with one attached hydrogen (secondary N) is 2. The molecule has 1 aromatic heterocycles. The summed E-state index contributed by atoms with van der Waals surface area (Å²) >= 11 is 1.48. The van der Waals surface area contributed by atoms with E-state index in [2.05, 4.69) is 15.6 Å². The summed E-state index contributed by atoms with van der Waals surface area (Å²) in [5, 5.41) is 7.63. The zero-order chi connectivity index (χ0) is 12.0. The molecule has 0 radical (unpaired) electrons. The van der Waals surface area contributed by atoms with Crippen molar-refractivity contribution in [2.24, 2.45) is 0 Å². The van der Waals surface area contributed by atoms with Crippen LogP contribution in [0.5, 0.6) is 0 Å². The van der Waals surface area contributed by atoms with E-state index in [4.69, 9.17) is 0 Å². The molecule has 0 saturated carbocycles. The SMILES string of the molecule is Cc1nc(C)c(C(=O)NC2CC3CCC2N3)s1. The van der Waals surface area contributed by atoms with Crippen LogP contribution in [0.25, 0.3) is 0 Å². The van der Waals surface area contributed by atoms with Crippen molar-refractivity contribution in [3.8, 4) is 0 Å². The summed E-state index contributed by atoms with van der Waals surface area (Å²) in [6.07, 6.45) is 3.53. The zero-order valence-electron chi connectivity index (χ0n) is 10.1. The highest BCUT2D eigenvalue weighted by Crippen LogP contribution is 2.28. The van der Waals surface area contributed by atoms with E-state index in [1.807, 2.05) is 13.8 Å². The van der Waals surface area contributed by atoms with Crippen LogP contribution in [0.1, 0.15) is 39.6 Å². The first kappa shape index (κ1) is 11.2. The van der Waals surface area contributed by atoms with Gasteiger partial charge < -0.3 is 10.6 Å². The highest BCUT2D eigenvalue weighted by atomic mass is 32.1. The third-order valence-corrected chi connectivity index (χ3v) is 4.80. The Hall–Kier alpha value is -0.940. The number of hydrogen-bond donors (Lipinski definition) is 2. The Morgan fingerprint density at radius 1 is 1.47 bits per heavy atom. The van der Waals surface area contributed by atoms with Gasteiger partial charge in [0.1, 0.15) is 4.88 Å². The largest absolute Gasteiger partial charge is 0.347 e. The van der Waals surface area contributed by atoms with Crippen LogP contribution in [0.3, 0.4) is 0 Å². The minimum atomic E-state index is 0.0486. The van der Waals surface area contributed by atoms with Crippen molar-refractivity contribution in [3.63, 3.8) is 0 Å². The zero-order valence-corrected chi connectivity index (χ0v) is 10.9. The number of amides is 1. The standard InChI is InChI=1S/C12H17N3OS/c1-6-11(17-7(2)13-6)12(16)15-10-5-8-3-4-9(10)14-8/h8-10,14H,3-5H2,1-2H3,(H,15,16). The van der Waals surface area contributed by atoms with Crippen LogP contribution in [-0.2, 0) is 0 Å². The molecule has 4 nitrogen and oxygen atoms in total. The van der Waals surface area contributed by atoms with Crippen LogP contribution in [0, 0.1) is 13.8 Å². The summed E-state index contributed by atoms with van der Waals surface area (Å²) in [5.74, 6) is 0.0486. The predicted octanol–water partition coefficient (Wildman–Crippen LogP) is 1.38. The van der Waals surface area contributed by atoms with Crippen LogP contribution >= 0.6 is 11.3 Å². The quantitative estimate of drug-likeness (QED) is 0.835. The molecule has 17 heavy (non-hydrogen) atoms. The summed E-state index contributed by atoms with van der Waals surface area (Å²) in [6.45, 7) is 3.84. The Bertz CT molecular complexity index is 457. The Kier molecular flexibility index (Phi) is 2.67. The van der Waals surface area contributed by atoms with Gasteiger partial charge in [-0.3, -0.25) is 4.79 Å². The lowest BCUT2D eigenvalue weighted by atomic mass is 9.95. The van der Waals surface area contributed by atoms with E-state index in [9.17, 15) is 4.79 Å².